The van der Waals surface area contributed by atoms with Gasteiger partial charge in [-0.05, 0) is 37.8 Å². The third-order valence-corrected chi connectivity index (χ3v) is 6.32. The molecule has 0 bridgehead atoms. The summed E-state index contributed by atoms with van der Waals surface area (Å²) in [7, 11) is 0. The summed E-state index contributed by atoms with van der Waals surface area (Å²) < 4.78 is 40.0. The summed E-state index contributed by atoms with van der Waals surface area (Å²) in [6.45, 7) is 5.59. The fourth-order valence-corrected chi connectivity index (χ4v) is 4.93. The number of fused-ring (bicyclic) bond motifs is 1. The molecule has 1 aliphatic rings. The van der Waals surface area contributed by atoms with E-state index in [4.69, 9.17) is 0 Å². The van der Waals surface area contributed by atoms with Gasteiger partial charge in [0.25, 0.3) is 5.91 Å². The minimum Gasteiger partial charge on any atom is -0.356 e. The van der Waals surface area contributed by atoms with E-state index in [0.29, 0.717) is 32.4 Å². The van der Waals surface area contributed by atoms with Gasteiger partial charge in [0, 0.05) is 18.0 Å². The number of benzene rings is 1. The van der Waals surface area contributed by atoms with Crippen LogP contribution in [0.5, 0.6) is 0 Å². The lowest BCUT2D eigenvalue weighted by Crippen LogP contribution is -2.35. The van der Waals surface area contributed by atoms with E-state index in [1.807, 2.05) is 0 Å². The predicted molar refractivity (Wildman–Crippen MR) is 112 cm³/mol. The van der Waals surface area contributed by atoms with Crippen molar-refractivity contribution < 1.29 is 18.0 Å². The maximum Gasteiger partial charge on any atom is 0.418 e. The van der Waals surface area contributed by atoms with Gasteiger partial charge in [-0.15, -0.1) is 11.3 Å². The number of piperidine rings is 1. The second-order valence-corrected chi connectivity index (χ2v) is 8.80. The van der Waals surface area contributed by atoms with Crippen molar-refractivity contribution in [3.63, 3.8) is 0 Å². The summed E-state index contributed by atoms with van der Waals surface area (Å²) in [5.41, 5.74) is -0.809. The zero-order valence-electron chi connectivity index (χ0n) is 16.6. The van der Waals surface area contributed by atoms with Crippen molar-refractivity contribution in [1.82, 2.24) is 9.97 Å². The number of hydrogen-bond acceptors (Lipinski definition) is 5. The third-order valence-electron chi connectivity index (χ3n) is 5.31. The van der Waals surface area contributed by atoms with Gasteiger partial charge in [-0.1, -0.05) is 19.1 Å². The predicted octanol–water partition coefficient (Wildman–Crippen LogP) is 5.51. The standard InChI is InChI=1S/C21H21F3N4OS/c1-12-6-5-9-28(10-12)18-17-16(13(2)30-20(17)26-11-25-18)19(29)27-15-8-4-3-7-14(15)21(22,23)24/h3-4,7-8,11-12H,5-6,9-10H2,1-2H3,(H,27,29). The monoisotopic (exact) mass is 434 g/mol. The molecule has 0 aliphatic carbocycles. The van der Waals surface area contributed by atoms with Gasteiger partial charge >= 0.3 is 6.18 Å². The Balaban J connectivity index is 1.76. The summed E-state index contributed by atoms with van der Waals surface area (Å²) in [6.07, 6.45) is -0.924. The molecule has 0 spiro atoms. The second-order valence-electron chi connectivity index (χ2n) is 7.60. The number of nitrogens with zero attached hydrogens (tertiary/aromatic N) is 3. The van der Waals surface area contributed by atoms with E-state index in [-0.39, 0.29) is 5.69 Å². The van der Waals surface area contributed by atoms with E-state index in [0.717, 1.165) is 32.0 Å². The van der Waals surface area contributed by atoms with Crippen molar-refractivity contribution in [3.8, 4) is 0 Å². The van der Waals surface area contributed by atoms with Crippen molar-refractivity contribution in [2.24, 2.45) is 5.92 Å². The molecule has 1 amide bonds. The van der Waals surface area contributed by atoms with Gasteiger partial charge in [-0.2, -0.15) is 13.2 Å². The summed E-state index contributed by atoms with van der Waals surface area (Å²) in [5, 5.41) is 3.07. The van der Waals surface area contributed by atoms with E-state index in [2.05, 4.69) is 27.1 Å². The first-order valence-electron chi connectivity index (χ1n) is 9.72. The van der Waals surface area contributed by atoms with E-state index in [9.17, 15) is 18.0 Å². The number of nitrogens with one attached hydrogen (secondary N) is 1. The molecule has 9 heteroatoms. The molecule has 2 aromatic heterocycles. The molecule has 0 saturated carbocycles. The van der Waals surface area contributed by atoms with Crippen molar-refractivity contribution in [2.75, 3.05) is 23.3 Å². The lowest BCUT2D eigenvalue weighted by atomic mass is 10.00. The van der Waals surface area contributed by atoms with Crippen LogP contribution < -0.4 is 10.2 Å². The van der Waals surface area contributed by atoms with E-state index in [1.54, 1.807) is 6.92 Å². The molecular weight excluding hydrogens is 413 g/mol. The van der Waals surface area contributed by atoms with Crippen molar-refractivity contribution in [3.05, 3.63) is 46.6 Å². The van der Waals surface area contributed by atoms with Gasteiger partial charge in [0.2, 0.25) is 0 Å². The lowest BCUT2D eigenvalue weighted by Gasteiger charge is -2.32. The second kappa shape index (κ2) is 7.86. The molecule has 1 atom stereocenters. The summed E-state index contributed by atoms with van der Waals surface area (Å²) >= 11 is 1.35. The Morgan fingerprint density at radius 2 is 2.03 bits per heavy atom. The first kappa shape index (κ1) is 20.6. The van der Waals surface area contributed by atoms with E-state index in [1.165, 1.54) is 35.9 Å². The Hall–Kier alpha value is -2.68. The topological polar surface area (TPSA) is 58.1 Å². The van der Waals surface area contributed by atoms with Gasteiger partial charge in [0.1, 0.15) is 17.0 Å². The summed E-state index contributed by atoms with van der Waals surface area (Å²) in [4.78, 5) is 25.4. The first-order chi connectivity index (χ1) is 14.3. The first-order valence-corrected chi connectivity index (χ1v) is 10.5. The average Bonchev–Trinajstić information content (AvgIpc) is 3.03. The zero-order chi connectivity index (χ0) is 21.5. The van der Waals surface area contributed by atoms with Crippen LogP contribution in [0.2, 0.25) is 0 Å². The highest BCUT2D eigenvalue weighted by Gasteiger charge is 2.34. The van der Waals surface area contributed by atoms with Crippen LogP contribution in [0, 0.1) is 12.8 Å². The third kappa shape index (κ3) is 3.86. The molecule has 3 heterocycles. The van der Waals surface area contributed by atoms with Crippen molar-refractivity contribution in [1.29, 1.82) is 0 Å². The number of aryl methyl sites for hydroxylation is 1. The Kier molecular flexibility index (Phi) is 5.40. The van der Waals surface area contributed by atoms with E-state index < -0.39 is 17.6 Å². The van der Waals surface area contributed by atoms with Crippen molar-refractivity contribution >= 4 is 39.0 Å². The highest BCUT2D eigenvalue weighted by atomic mass is 32.1. The normalized spacial score (nSPS) is 17.4. The molecule has 1 aromatic carbocycles. The molecule has 4 rings (SSSR count). The van der Waals surface area contributed by atoms with Crippen LogP contribution in [-0.2, 0) is 6.18 Å². The van der Waals surface area contributed by atoms with Gasteiger partial charge < -0.3 is 10.2 Å². The number of thiophene rings is 1. The minimum absolute atomic E-state index is 0.265. The smallest absolute Gasteiger partial charge is 0.356 e. The number of carbonyl (C=O) groups excluding carboxylic acids is 1. The molecule has 1 aliphatic heterocycles. The average molecular weight is 434 g/mol. The maximum absolute atomic E-state index is 13.3. The number of anilines is 2. The Bertz CT molecular complexity index is 1100. The summed E-state index contributed by atoms with van der Waals surface area (Å²) in [5.74, 6) is 0.584. The number of halogens is 3. The quantitative estimate of drug-likeness (QED) is 0.591. The number of para-hydroxylation sites is 1. The molecule has 30 heavy (non-hydrogen) atoms. The molecular formula is C21H21F3N4OS. The van der Waals surface area contributed by atoms with Crippen molar-refractivity contribution in [2.45, 2.75) is 32.9 Å². The molecule has 5 nitrogen and oxygen atoms in total. The number of alkyl halides is 3. The number of carbonyl (C=O) groups is 1. The Morgan fingerprint density at radius 1 is 1.27 bits per heavy atom. The number of aromatic nitrogens is 2. The van der Waals surface area contributed by atoms with Crippen LogP contribution in [-0.4, -0.2) is 29.0 Å². The number of hydrogen-bond donors (Lipinski definition) is 1. The highest BCUT2D eigenvalue weighted by Crippen LogP contribution is 2.38. The van der Waals surface area contributed by atoms with Gasteiger partial charge in [-0.25, -0.2) is 9.97 Å². The van der Waals surface area contributed by atoms with Crippen LogP contribution in [0.1, 0.15) is 40.6 Å². The van der Waals surface area contributed by atoms with Gasteiger partial charge in [-0.3, -0.25) is 4.79 Å². The summed E-state index contributed by atoms with van der Waals surface area (Å²) in [6, 6.07) is 4.98. The van der Waals surface area contributed by atoms with Crippen LogP contribution in [0.25, 0.3) is 10.2 Å². The molecule has 3 aromatic rings. The largest absolute Gasteiger partial charge is 0.418 e. The van der Waals surface area contributed by atoms with Gasteiger partial charge in [0.05, 0.1) is 22.2 Å². The zero-order valence-corrected chi connectivity index (χ0v) is 17.4. The minimum atomic E-state index is -4.56. The molecule has 0 radical (unpaired) electrons. The lowest BCUT2D eigenvalue weighted by molar-refractivity contribution is -0.136. The van der Waals surface area contributed by atoms with Crippen LogP contribution in [0.15, 0.2) is 30.6 Å². The highest BCUT2D eigenvalue weighted by molar-refractivity contribution is 7.19. The molecule has 1 unspecified atom stereocenters. The van der Waals surface area contributed by atoms with Crippen LogP contribution in [0.4, 0.5) is 24.7 Å². The fraction of sp³-hybridized carbons (Fsp3) is 0.381. The number of rotatable bonds is 3. The molecule has 1 fully saturated rings. The fourth-order valence-electron chi connectivity index (χ4n) is 3.95. The maximum atomic E-state index is 13.3. The molecule has 1 saturated heterocycles. The Labute approximate surface area is 175 Å². The van der Waals surface area contributed by atoms with Crippen LogP contribution >= 0.6 is 11.3 Å². The van der Waals surface area contributed by atoms with E-state index >= 15 is 0 Å². The molecule has 158 valence electrons. The van der Waals surface area contributed by atoms with Gasteiger partial charge in [0.15, 0.2) is 0 Å². The van der Waals surface area contributed by atoms with Crippen LogP contribution in [0.3, 0.4) is 0 Å². The Morgan fingerprint density at radius 3 is 2.77 bits per heavy atom. The number of amides is 1. The SMILES string of the molecule is Cc1sc2ncnc(N3CCCC(C)C3)c2c1C(=O)Nc1ccccc1C(F)(F)F. The molecule has 1 N–H and O–H groups in total.